The normalized spacial score (nSPS) is 18.7. The van der Waals surface area contributed by atoms with Crippen molar-refractivity contribution in [1.29, 1.82) is 0 Å². The van der Waals surface area contributed by atoms with Gasteiger partial charge in [0.2, 0.25) is 0 Å². The van der Waals surface area contributed by atoms with E-state index in [9.17, 15) is 5.11 Å². The van der Waals surface area contributed by atoms with Gasteiger partial charge < -0.3 is 5.11 Å². The second-order valence-electron chi connectivity index (χ2n) is 4.62. The van der Waals surface area contributed by atoms with Crippen LogP contribution in [0.4, 0.5) is 0 Å². The molecule has 94 valence electrons. The Morgan fingerprint density at radius 3 is 2.89 bits per heavy atom. The molecule has 0 aliphatic carbocycles. The zero-order valence-corrected chi connectivity index (χ0v) is 10.6. The summed E-state index contributed by atoms with van der Waals surface area (Å²) in [7, 11) is 0. The van der Waals surface area contributed by atoms with Gasteiger partial charge in [0.15, 0.2) is 5.82 Å². The molecule has 0 radical (unpaired) electrons. The molecule has 1 aliphatic rings. The van der Waals surface area contributed by atoms with Gasteiger partial charge in [-0.15, -0.1) is 0 Å². The third-order valence-electron chi connectivity index (χ3n) is 3.15. The van der Waals surface area contributed by atoms with Crippen molar-refractivity contribution < 1.29 is 5.11 Å². The Morgan fingerprint density at radius 1 is 1.33 bits per heavy atom. The largest absolute Gasteiger partial charge is 0.391 e. The zero-order chi connectivity index (χ0) is 12.5. The van der Waals surface area contributed by atoms with E-state index in [1.165, 1.54) is 0 Å². The minimum Gasteiger partial charge on any atom is -0.391 e. The number of fused-ring (bicyclic) bond motifs is 1. The molecule has 0 saturated carbocycles. The maximum absolute atomic E-state index is 9.58. The maximum atomic E-state index is 9.58. The molecule has 5 heteroatoms. The fourth-order valence-electron chi connectivity index (χ4n) is 2.20. The van der Waals surface area contributed by atoms with E-state index in [0.29, 0.717) is 13.0 Å². The summed E-state index contributed by atoms with van der Waals surface area (Å²) in [6.07, 6.45) is 1.99. The van der Waals surface area contributed by atoms with Crippen LogP contribution in [0.5, 0.6) is 0 Å². The molecule has 2 aromatic rings. The van der Waals surface area contributed by atoms with E-state index < -0.39 is 0 Å². The molecule has 4 nitrogen and oxygen atoms in total. The molecule has 1 unspecified atom stereocenters. The first kappa shape index (κ1) is 11.7. The lowest BCUT2D eigenvalue weighted by Gasteiger charge is -2.16. The summed E-state index contributed by atoms with van der Waals surface area (Å²) in [5.74, 6) is 1.78. The van der Waals surface area contributed by atoms with Crippen molar-refractivity contribution in [3.8, 4) is 0 Å². The van der Waals surface area contributed by atoms with E-state index >= 15 is 0 Å². The van der Waals surface area contributed by atoms with Crippen molar-refractivity contribution in [3.05, 3.63) is 46.5 Å². The van der Waals surface area contributed by atoms with Crippen LogP contribution in [-0.4, -0.2) is 26.0 Å². The molecule has 1 aliphatic heterocycles. The number of hydrogen-bond donors (Lipinski definition) is 1. The van der Waals surface area contributed by atoms with Crippen LogP contribution < -0.4 is 0 Å². The Balaban J connectivity index is 1.79. The van der Waals surface area contributed by atoms with Crippen LogP contribution in [0, 0.1) is 0 Å². The second-order valence-corrected chi connectivity index (χ2v) is 5.06. The van der Waals surface area contributed by atoms with Gasteiger partial charge in [-0.2, -0.15) is 5.10 Å². The van der Waals surface area contributed by atoms with E-state index in [0.717, 1.165) is 35.1 Å². The highest BCUT2D eigenvalue weighted by Gasteiger charge is 2.19. The predicted octanol–water partition coefficient (Wildman–Crippen LogP) is 1.83. The summed E-state index contributed by atoms with van der Waals surface area (Å²) in [4.78, 5) is 4.51. The predicted molar refractivity (Wildman–Crippen MR) is 68.6 cm³/mol. The molecule has 1 aromatic carbocycles. The Bertz CT molecular complexity index is 550. The van der Waals surface area contributed by atoms with Crippen LogP contribution in [0.25, 0.3) is 0 Å². The van der Waals surface area contributed by atoms with Crippen molar-refractivity contribution >= 4 is 11.6 Å². The number of nitrogens with zero attached hydrogens (tertiary/aromatic N) is 3. The van der Waals surface area contributed by atoms with Crippen LogP contribution >= 0.6 is 11.6 Å². The van der Waals surface area contributed by atoms with Gasteiger partial charge in [-0.3, -0.25) is 0 Å². The third kappa shape index (κ3) is 2.40. The first-order valence-corrected chi connectivity index (χ1v) is 6.43. The van der Waals surface area contributed by atoms with Crippen LogP contribution in [0.2, 0.25) is 5.02 Å². The van der Waals surface area contributed by atoms with Crippen LogP contribution in [0.3, 0.4) is 0 Å². The lowest BCUT2D eigenvalue weighted by Crippen LogP contribution is -2.25. The third-order valence-corrected chi connectivity index (χ3v) is 3.40. The van der Waals surface area contributed by atoms with Gasteiger partial charge in [-0.1, -0.05) is 23.7 Å². The van der Waals surface area contributed by atoms with Gasteiger partial charge in [-0.05, 0) is 24.1 Å². The fourth-order valence-corrected chi connectivity index (χ4v) is 2.33. The summed E-state index contributed by atoms with van der Waals surface area (Å²) >= 11 is 5.85. The number of aromatic nitrogens is 3. The van der Waals surface area contributed by atoms with Gasteiger partial charge in [0.1, 0.15) is 5.82 Å². The van der Waals surface area contributed by atoms with Crippen molar-refractivity contribution in [2.75, 3.05) is 0 Å². The molecule has 0 saturated heterocycles. The smallest absolute Gasteiger partial charge is 0.155 e. The second kappa shape index (κ2) is 4.71. The van der Waals surface area contributed by atoms with E-state index in [2.05, 4.69) is 10.1 Å². The fraction of sp³-hybridized carbons (Fsp3) is 0.385. The Kier molecular flexibility index (Phi) is 3.06. The Labute approximate surface area is 110 Å². The number of hydrogen-bond acceptors (Lipinski definition) is 3. The number of aryl methyl sites for hydroxylation is 1. The Morgan fingerprint density at radius 2 is 2.11 bits per heavy atom. The average Bonchev–Trinajstić information content (AvgIpc) is 2.73. The first-order chi connectivity index (χ1) is 8.70. The minimum absolute atomic E-state index is 0.289. The summed E-state index contributed by atoms with van der Waals surface area (Å²) < 4.78 is 1.82. The minimum atomic E-state index is -0.289. The van der Waals surface area contributed by atoms with E-state index in [4.69, 9.17) is 11.6 Å². The number of aliphatic hydroxyl groups is 1. The van der Waals surface area contributed by atoms with Gasteiger partial charge in [-0.25, -0.2) is 9.67 Å². The van der Waals surface area contributed by atoms with Crippen LogP contribution in [0.1, 0.15) is 23.6 Å². The molecule has 18 heavy (non-hydrogen) atoms. The molecule has 0 amide bonds. The van der Waals surface area contributed by atoms with E-state index in [1.54, 1.807) is 0 Å². The lowest BCUT2D eigenvalue weighted by molar-refractivity contribution is 0.124. The molecular formula is C13H14ClN3O. The van der Waals surface area contributed by atoms with Crippen molar-refractivity contribution in [1.82, 2.24) is 14.8 Å². The molecule has 3 rings (SSSR count). The standard InChI is InChI=1S/C13H14ClN3O/c14-10-3-1-9(2-4-10)7-12-15-13-6-5-11(18)8-17(13)16-12/h1-4,11,18H,5-8H2. The quantitative estimate of drug-likeness (QED) is 0.899. The summed E-state index contributed by atoms with van der Waals surface area (Å²) in [5, 5.41) is 14.7. The van der Waals surface area contributed by atoms with E-state index in [-0.39, 0.29) is 6.10 Å². The highest BCUT2D eigenvalue weighted by Crippen LogP contribution is 2.16. The van der Waals surface area contributed by atoms with Crippen molar-refractivity contribution in [2.24, 2.45) is 0 Å². The van der Waals surface area contributed by atoms with Gasteiger partial charge in [0, 0.05) is 17.9 Å². The van der Waals surface area contributed by atoms with Crippen molar-refractivity contribution in [3.63, 3.8) is 0 Å². The Hall–Kier alpha value is -1.39. The van der Waals surface area contributed by atoms with Gasteiger partial charge in [0.25, 0.3) is 0 Å². The first-order valence-electron chi connectivity index (χ1n) is 6.06. The highest BCUT2D eigenvalue weighted by atomic mass is 35.5. The molecule has 1 N–H and O–H groups in total. The number of aliphatic hydroxyl groups excluding tert-OH is 1. The molecule has 0 bridgehead atoms. The zero-order valence-electron chi connectivity index (χ0n) is 9.88. The summed E-state index contributed by atoms with van der Waals surface area (Å²) in [6, 6.07) is 7.71. The maximum Gasteiger partial charge on any atom is 0.155 e. The topological polar surface area (TPSA) is 50.9 Å². The summed E-state index contributed by atoms with van der Waals surface area (Å²) in [6.45, 7) is 0.558. The van der Waals surface area contributed by atoms with E-state index in [1.807, 2.05) is 28.9 Å². The molecule has 0 fully saturated rings. The number of rotatable bonds is 2. The van der Waals surface area contributed by atoms with Crippen LogP contribution in [-0.2, 0) is 19.4 Å². The van der Waals surface area contributed by atoms with Gasteiger partial charge >= 0.3 is 0 Å². The summed E-state index contributed by atoms with van der Waals surface area (Å²) in [5.41, 5.74) is 1.14. The highest BCUT2D eigenvalue weighted by molar-refractivity contribution is 6.30. The number of halogens is 1. The van der Waals surface area contributed by atoms with Gasteiger partial charge in [0.05, 0.1) is 12.6 Å². The molecule has 2 heterocycles. The lowest BCUT2D eigenvalue weighted by atomic mass is 10.1. The number of benzene rings is 1. The average molecular weight is 264 g/mol. The molecule has 1 aromatic heterocycles. The monoisotopic (exact) mass is 263 g/mol. The van der Waals surface area contributed by atoms with Crippen LogP contribution in [0.15, 0.2) is 24.3 Å². The van der Waals surface area contributed by atoms with Crippen molar-refractivity contribution in [2.45, 2.75) is 31.9 Å². The SMILES string of the molecule is OC1CCc2nc(Cc3ccc(Cl)cc3)nn2C1. The molecule has 1 atom stereocenters. The molecule has 0 spiro atoms. The molecular weight excluding hydrogens is 250 g/mol.